The summed E-state index contributed by atoms with van der Waals surface area (Å²) < 4.78 is 6.11. The lowest BCUT2D eigenvalue weighted by Gasteiger charge is -2.08. The minimum atomic E-state index is -0.428. The molecule has 2 aromatic rings. The average Bonchev–Trinajstić information content (AvgIpc) is 2.83. The maximum atomic E-state index is 11.1. The first-order valence-corrected chi connectivity index (χ1v) is 7.52. The SMILES string of the molecule is COc1cccc(NCCc2ccc(Br)s2)c1[N+](=O)[O-]. The molecule has 0 spiro atoms. The summed E-state index contributed by atoms with van der Waals surface area (Å²) in [5.41, 5.74) is 0.451. The average molecular weight is 357 g/mol. The molecule has 0 fully saturated rings. The second kappa shape index (κ2) is 6.71. The number of hydrogen-bond donors (Lipinski definition) is 1. The van der Waals surface area contributed by atoms with Crippen molar-refractivity contribution in [2.24, 2.45) is 0 Å². The van der Waals surface area contributed by atoms with Gasteiger partial charge in [0.1, 0.15) is 5.69 Å². The van der Waals surface area contributed by atoms with Gasteiger partial charge in [-0.05, 0) is 46.6 Å². The lowest BCUT2D eigenvalue weighted by Crippen LogP contribution is -2.07. The number of para-hydroxylation sites is 1. The number of hydrogen-bond acceptors (Lipinski definition) is 5. The Morgan fingerprint density at radius 2 is 2.20 bits per heavy atom. The Bertz CT molecular complexity index is 615. The highest BCUT2D eigenvalue weighted by Crippen LogP contribution is 2.34. The number of benzene rings is 1. The van der Waals surface area contributed by atoms with E-state index in [1.165, 1.54) is 12.0 Å². The van der Waals surface area contributed by atoms with Crippen LogP contribution >= 0.6 is 27.3 Å². The van der Waals surface area contributed by atoms with Crippen LogP contribution < -0.4 is 10.1 Å². The van der Waals surface area contributed by atoms with Crippen LogP contribution in [0, 0.1) is 10.1 Å². The number of nitrogens with one attached hydrogen (secondary N) is 1. The quantitative estimate of drug-likeness (QED) is 0.625. The van der Waals surface area contributed by atoms with Crippen molar-refractivity contribution in [1.82, 2.24) is 0 Å². The van der Waals surface area contributed by atoms with Crippen molar-refractivity contribution in [3.8, 4) is 5.75 Å². The van der Waals surface area contributed by atoms with E-state index in [-0.39, 0.29) is 11.4 Å². The number of methoxy groups -OCH3 is 1. The van der Waals surface area contributed by atoms with Crippen LogP contribution in [0.4, 0.5) is 11.4 Å². The van der Waals surface area contributed by atoms with E-state index in [1.807, 2.05) is 12.1 Å². The van der Waals surface area contributed by atoms with Gasteiger partial charge in [-0.25, -0.2) is 0 Å². The highest BCUT2D eigenvalue weighted by atomic mass is 79.9. The Hall–Kier alpha value is -1.60. The maximum absolute atomic E-state index is 11.1. The summed E-state index contributed by atoms with van der Waals surface area (Å²) in [5.74, 6) is 0.263. The van der Waals surface area contributed by atoms with E-state index < -0.39 is 4.92 Å². The van der Waals surface area contributed by atoms with Crippen LogP contribution in [0.15, 0.2) is 34.1 Å². The fourth-order valence-corrected chi connectivity index (χ4v) is 3.31. The zero-order valence-electron chi connectivity index (χ0n) is 10.8. The molecule has 0 saturated heterocycles. The van der Waals surface area contributed by atoms with Gasteiger partial charge in [-0.15, -0.1) is 11.3 Å². The highest BCUT2D eigenvalue weighted by Gasteiger charge is 2.19. The Labute approximate surface area is 128 Å². The molecular weight excluding hydrogens is 344 g/mol. The summed E-state index contributed by atoms with van der Waals surface area (Å²) in [6.07, 6.45) is 0.810. The summed E-state index contributed by atoms with van der Waals surface area (Å²) in [6, 6.07) is 9.03. The van der Waals surface area contributed by atoms with Gasteiger partial charge in [-0.2, -0.15) is 0 Å². The number of thiophene rings is 1. The lowest BCUT2D eigenvalue weighted by atomic mass is 10.2. The number of halogens is 1. The molecule has 106 valence electrons. The van der Waals surface area contributed by atoms with Gasteiger partial charge >= 0.3 is 5.69 Å². The van der Waals surface area contributed by atoms with Crippen LogP contribution in [0.5, 0.6) is 5.75 Å². The van der Waals surface area contributed by atoms with E-state index in [0.717, 1.165) is 10.2 Å². The van der Waals surface area contributed by atoms with Gasteiger partial charge in [0.25, 0.3) is 0 Å². The van der Waals surface area contributed by atoms with Crippen LogP contribution in [0.1, 0.15) is 4.88 Å². The third kappa shape index (κ3) is 3.49. The van der Waals surface area contributed by atoms with Gasteiger partial charge in [0, 0.05) is 11.4 Å². The van der Waals surface area contributed by atoms with Crippen LogP contribution in [0.3, 0.4) is 0 Å². The van der Waals surface area contributed by atoms with Crippen molar-refractivity contribution in [3.05, 3.63) is 49.1 Å². The maximum Gasteiger partial charge on any atom is 0.333 e. The number of nitro benzene ring substituents is 1. The molecule has 0 saturated carbocycles. The number of ether oxygens (including phenoxy) is 1. The van der Waals surface area contributed by atoms with E-state index in [0.29, 0.717) is 12.2 Å². The molecule has 1 N–H and O–H groups in total. The molecule has 0 aliphatic rings. The molecule has 0 amide bonds. The molecule has 7 heteroatoms. The first-order chi connectivity index (χ1) is 9.61. The molecule has 0 bridgehead atoms. The second-order valence-corrected chi connectivity index (χ2v) is 6.54. The predicted molar refractivity (Wildman–Crippen MR) is 83.9 cm³/mol. The molecule has 20 heavy (non-hydrogen) atoms. The second-order valence-electron chi connectivity index (χ2n) is 4.00. The number of nitrogens with zero attached hydrogens (tertiary/aromatic N) is 1. The van der Waals surface area contributed by atoms with Crippen molar-refractivity contribution in [1.29, 1.82) is 0 Å². The lowest BCUT2D eigenvalue weighted by molar-refractivity contribution is -0.384. The molecule has 0 aliphatic carbocycles. The Balaban J connectivity index is 2.07. The van der Waals surface area contributed by atoms with Crippen LogP contribution in [-0.2, 0) is 6.42 Å². The van der Waals surface area contributed by atoms with Crippen LogP contribution in [0.2, 0.25) is 0 Å². The predicted octanol–water partition coefficient (Wildman–Crippen LogP) is 4.08. The molecule has 1 aromatic carbocycles. The standard InChI is InChI=1S/C13H13BrN2O3S/c1-19-11-4-2-3-10(13(11)16(17)18)15-8-7-9-5-6-12(14)20-9/h2-6,15H,7-8H2,1H3. The molecule has 0 atom stereocenters. The molecule has 0 radical (unpaired) electrons. The van der Waals surface area contributed by atoms with Crippen molar-refractivity contribution in [3.63, 3.8) is 0 Å². The van der Waals surface area contributed by atoms with E-state index in [1.54, 1.807) is 29.5 Å². The van der Waals surface area contributed by atoms with E-state index in [9.17, 15) is 10.1 Å². The topological polar surface area (TPSA) is 64.4 Å². The van der Waals surface area contributed by atoms with E-state index >= 15 is 0 Å². The summed E-state index contributed by atoms with van der Waals surface area (Å²) in [6.45, 7) is 0.626. The zero-order valence-corrected chi connectivity index (χ0v) is 13.2. The van der Waals surface area contributed by atoms with Gasteiger partial charge < -0.3 is 10.1 Å². The summed E-state index contributed by atoms with van der Waals surface area (Å²) in [5, 5.41) is 14.2. The Morgan fingerprint density at radius 3 is 2.80 bits per heavy atom. The van der Waals surface area contributed by atoms with Crippen LogP contribution in [-0.4, -0.2) is 18.6 Å². The molecule has 0 aliphatic heterocycles. The van der Waals surface area contributed by atoms with E-state index in [2.05, 4.69) is 21.2 Å². The minimum absolute atomic E-state index is 0.0256. The molecular formula is C13H13BrN2O3S. The first kappa shape index (κ1) is 14.8. The van der Waals surface area contributed by atoms with Gasteiger partial charge in [-0.1, -0.05) is 6.07 Å². The smallest absolute Gasteiger partial charge is 0.333 e. The highest BCUT2D eigenvalue weighted by molar-refractivity contribution is 9.11. The van der Waals surface area contributed by atoms with Crippen molar-refractivity contribution >= 4 is 38.6 Å². The summed E-state index contributed by atoms with van der Waals surface area (Å²) >= 11 is 5.07. The number of nitro groups is 1. The summed E-state index contributed by atoms with van der Waals surface area (Å²) in [4.78, 5) is 11.9. The van der Waals surface area contributed by atoms with Crippen molar-refractivity contribution < 1.29 is 9.66 Å². The largest absolute Gasteiger partial charge is 0.490 e. The molecule has 1 aromatic heterocycles. The Morgan fingerprint density at radius 1 is 1.40 bits per heavy atom. The van der Waals surface area contributed by atoms with Gasteiger partial charge in [-0.3, -0.25) is 10.1 Å². The van der Waals surface area contributed by atoms with Crippen LogP contribution in [0.25, 0.3) is 0 Å². The molecule has 0 unspecified atom stereocenters. The molecule has 5 nitrogen and oxygen atoms in total. The molecule has 2 rings (SSSR count). The number of rotatable bonds is 6. The normalized spacial score (nSPS) is 10.3. The fourth-order valence-electron chi connectivity index (χ4n) is 1.82. The monoisotopic (exact) mass is 356 g/mol. The van der Waals surface area contributed by atoms with Gasteiger partial charge in [0.05, 0.1) is 15.8 Å². The minimum Gasteiger partial charge on any atom is -0.490 e. The van der Waals surface area contributed by atoms with Crippen molar-refractivity contribution in [2.45, 2.75) is 6.42 Å². The van der Waals surface area contributed by atoms with Gasteiger partial charge in [0.2, 0.25) is 0 Å². The molecule has 1 heterocycles. The zero-order chi connectivity index (χ0) is 14.5. The summed E-state index contributed by atoms with van der Waals surface area (Å²) in [7, 11) is 1.43. The third-order valence-electron chi connectivity index (χ3n) is 2.72. The first-order valence-electron chi connectivity index (χ1n) is 5.91. The van der Waals surface area contributed by atoms with Gasteiger partial charge in [0.15, 0.2) is 5.75 Å². The fraction of sp³-hybridized carbons (Fsp3) is 0.231. The van der Waals surface area contributed by atoms with E-state index in [4.69, 9.17) is 4.74 Å². The third-order valence-corrected chi connectivity index (χ3v) is 4.40. The van der Waals surface area contributed by atoms with Crippen molar-refractivity contribution in [2.75, 3.05) is 19.0 Å². The Kier molecular flexibility index (Phi) is 4.97. The number of anilines is 1.